The zero-order valence-electron chi connectivity index (χ0n) is 13.8. The van der Waals surface area contributed by atoms with Crippen molar-refractivity contribution >= 4 is 39.2 Å². The van der Waals surface area contributed by atoms with Crippen LogP contribution in [0, 0.1) is 11.3 Å². The molecule has 1 unspecified atom stereocenters. The molecule has 1 atom stereocenters. The van der Waals surface area contributed by atoms with Crippen LogP contribution in [0.3, 0.4) is 0 Å². The van der Waals surface area contributed by atoms with Crippen molar-refractivity contribution in [3.05, 3.63) is 58.6 Å². The molecule has 0 radical (unpaired) electrons. The molecular weight excluding hydrogens is 427 g/mol. The monoisotopic (exact) mass is 437 g/mol. The summed E-state index contributed by atoms with van der Waals surface area (Å²) >= 11 is 3.20. The average molecular weight is 438 g/mol. The molecule has 1 saturated heterocycles. The summed E-state index contributed by atoms with van der Waals surface area (Å²) in [6.45, 7) is 0.671. The maximum atomic E-state index is 13.9. The lowest BCUT2D eigenvalue weighted by Crippen LogP contribution is -2.58. The Morgan fingerprint density at radius 2 is 1.52 bits per heavy atom. The number of hydrogen-bond acceptors (Lipinski definition) is 3. The van der Waals surface area contributed by atoms with Crippen LogP contribution in [0.2, 0.25) is 0 Å². The van der Waals surface area contributed by atoms with Crippen LogP contribution < -0.4 is 9.80 Å². The maximum absolute atomic E-state index is 13.9. The van der Waals surface area contributed by atoms with Crippen LogP contribution in [0.1, 0.15) is 12.5 Å². The molecule has 0 bridgehead atoms. The Labute approximate surface area is 160 Å². The van der Waals surface area contributed by atoms with Gasteiger partial charge >= 0.3 is 12.2 Å². The second-order valence-corrected chi connectivity index (χ2v) is 6.88. The van der Waals surface area contributed by atoms with Gasteiger partial charge in [0.1, 0.15) is 0 Å². The van der Waals surface area contributed by atoms with Gasteiger partial charge in [-0.25, -0.2) is 9.69 Å². The van der Waals surface area contributed by atoms with Crippen molar-refractivity contribution in [3.63, 3.8) is 0 Å². The second-order valence-electron chi connectivity index (χ2n) is 5.96. The summed E-state index contributed by atoms with van der Waals surface area (Å²) in [7, 11) is 0. The Morgan fingerprint density at radius 1 is 1.00 bits per heavy atom. The van der Waals surface area contributed by atoms with Crippen LogP contribution in [-0.4, -0.2) is 23.7 Å². The molecule has 0 saturated carbocycles. The standard InChI is InChI=1S/C18H11BrF3N3O2/c1-17(18(20,21)22)15(26)24(13-8-4-12(19)5-9-13)16(27)25(17)14-6-2-11(10-23)3-7-14/h2-9H,1H3. The largest absolute Gasteiger partial charge is 0.421 e. The van der Waals surface area contributed by atoms with Gasteiger partial charge in [0.25, 0.3) is 5.91 Å². The third-order valence-electron chi connectivity index (χ3n) is 4.34. The molecule has 3 amide bonds. The Hall–Kier alpha value is -2.86. The molecule has 5 nitrogen and oxygen atoms in total. The molecule has 2 aromatic carbocycles. The average Bonchev–Trinajstić information content (AvgIpc) is 2.83. The number of alkyl halides is 3. The minimum absolute atomic E-state index is 0.0276. The molecule has 27 heavy (non-hydrogen) atoms. The minimum atomic E-state index is -5.02. The number of halogens is 4. The molecule has 0 N–H and O–H groups in total. The number of nitrogens with zero attached hydrogens (tertiary/aromatic N) is 3. The summed E-state index contributed by atoms with van der Waals surface area (Å²) in [5, 5.41) is 8.86. The predicted octanol–water partition coefficient (Wildman–Crippen LogP) is 4.61. The molecule has 1 heterocycles. The van der Waals surface area contributed by atoms with Crippen LogP contribution >= 0.6 is 15.9 Å². The van der Waals surface area contributed by atoms with Crippen LogP contribution in [0.4, 0.5) is 29.3 Å². The number of imide groups is 1. The highest BCUT2D eigenvalue weighted by Crippen LogP contribution is 2.45. The van der Waals surface area contributed by atoms with E-state index in [4.69, 9.17) is 5.26 Å². The molecule has 1 fully saturated rings. The van der Waals surface area contributed by atoms with Crippen molar-refractivity contribution in [1.82, 2.24) is 0 Å². The number of anilines is 2. The molecular formula is C18H11BrF3N3O2. The number of nitriles is 1. The van der Waals surface area contributed by atoms with Crippen LogP contribution in [0.5, 0.6) is 0 Å². The fourth-order valence-electron chi connectivity index (χ4n) is 2.81. The van der Waals surface area contributed by atoms with Crippen molar-refractivity contribution in [2.45, 2.75) is 18.6 Å². The smallest absolute Gasteiger partial charge is 0.271 e. The fourth-order valence-corrected chi connectivity index (χ4v) is 3.08. The number of urea groups is 1. The van der Waals surface area contributed by atoms with Crippen molar-refractivity contribution in [2.75, 3.05) is 9.80 Å². The lowest BCUT2D eigenvalue weighted by molar-refractivity contribution is -0.182. The minimum Gasteiger partial charge on any atom is -0.271 e. The topological polar surface area (TPSA) is 64.4 Å². The summed E-state index contributed by atoms with van der Waals surface area (Å²) in [5.74, 6) is -1.40. The number of amides is 3. The Morgan fingerprint density at radius 3 is 2.00 bits per heavy atom. The van der Waals surface area contributed by atoms with Gasteiger partial charge in [-0.15, -0.1) is 0 Å². The summed E-state index contributed by atoms with van der Waals surface area (Å²) < 4.78 is 42.4. The van der Waals surface area contributed by atoms with Gasteiger partial charge < -0.3 is 0 Å². The highest BCUT2D eigenvalue weighted by Gasteiger charge is 2.69. The van der Waals surface area contributed by atoms with Gasteiger partial charge in [-0.1, -0.05) is 15.9 Å². The van der Waals surface area contributed by atoms with Gasteiger partial charge in [0.15, 0.2) is 0 Å². The van der Waals surface area contributed by atoms with Crippen LogP contribution in [-0.2, 0) is 4.79 Å². The maximum Gasteiger partial charge on any atom is 0.421 e. The number of rotatable bonds is 2. The summed E-state index contributed by atoms with van der Waals surface area (Å²) in [4.78, 5) is 26.6. The van der Waals surface area contributed by atoms with E-state index in [1.165, 1.54) is 48.5 Å². The molecule has 0 aromatic heterocycles. The highest BCUT2D eigenvalue weighted by molar-refractivity contribution is 9.10. The first kappa shape index (κ1) is 18.9. The van der Waals surface area contributed by atoms with Gasteiger partial charge in [0.2, 0.25) is 5.54 Å². The first-order chi connectivity index (χ1) is 12.6. The molecule has 2 aromatic rings. The molecule has 3 rings (SSSR count). The van der Waals surface area contributed by atoms with E-state index in [-0.39, 0.29) is 16.9 Å². The lowest BCUT2D eigenvalue weighted by Gasteiger charge is -2.33. The van der Waals surface area contributed by atoms with Gasteiger partial charge in [0.05, 0.1) is 17.3 Å². The number of carbonyl (C=O) groups excluding carboxylic acids is 2. The summed E-state index contributed by atoms with van der Waals surface area (Å²) in [6, 6.07) is 11.5. The zero-order chi connectivity index (χ0) is 20.0. The normalized spacial score (nSPS) is 20.1. The van der Waals surface area contributed by atoms with Gasteiger partial charge in [0, 0.05) is 10.2 Å². The van der Waals surface area contributed by atoms with Gasteiger partial charge in [-0.05, 0) is 55.5 Å². The van der Waals surface area contributed by atoms with E-state index < -0.39 is 23.7 Å². The summed E-state index contributed by atoms with van der Waals surface area (Å²) in [5.41, 5.74) is -2.97. The number of carbonyl (C=O) groups is 2. The Kier molecular flexibility index (Phi) is 4.48. The molecule has 1 aliphatic rings. The second kappa shape index (κ2) is 6.39. The molecule has 0 aliphatic carbocycles. The Balaban J connectivity index is 2.17. The number of hydrogen-bond donors (Lipinski definition) is 0. The van der Waals surface area contributed by atoms with Gasteiger partial charge in [-0.2, -0.15) is 18.4 Å². The van der Waals surface area contributed by atoms with Crippen LogP contribution in [0.25, 0.3) is 0 Å². The van der Waals surface area contributed by atoms with E-state index in [0.717, 1.165) is 0 Å². The van der Waals surface area contributed by atoms with Crippen molar-refractivity contribution in [2.24, 2.45) is 0 Å². The zero-order valence-corrected chi connectivity index (χ0v) is 15.4. The predicted molar refractivity (Wildman–Crippen MR) is 95.1 cm³/mol. The fraction of sp³-hybridized carbons (Fsp3) is 0.167. The van der Waals surface area contributed by atoms with E-state index in [2.05, 4.69) is 15.9 Å². The van der Waals surface area contributed by atoms with E-state index >= 15 is 0 Å². The van der Waals surface area contributed by atoms with E-state index in [0.29, 0.717) is 21.2 Å². The Bertz CT molecular complexity index is 952. The molecule has 138 valence electrons. The van der Waals surface area contributed by atoms with E-state index in [9.17, 15) is 22.8 Å². The third-order valence-corrected chi connectivity index (χ3v) is 4.87. The SMILES string of the molecule is CC1(C(F)(F)F)C(=O)N(c2ccc(Br)cc2)C(=O)N1c1ccc(C#N)cc1. The highest BCUT2D eigenvalue weighted by atomic mass is 79.9. The first-order valence-electron chi connectivity index (χ1n) is 7.62. The van der Waals surface area contributed by atoms with E-state index in [1.54, 1.807) is 0 Å². The quantitative estimate of drug-likeness (QED) is 0.644. The first-order valence-corrected chi connectivity index (χ1v) is 8.42. The summed E-state index contributed by atoms with van der Waals surface area (Å²) in [6.07, 6.45) is -5.02. The van der Waals surface area contributed by atoms with Crippen molar-refractivity contribution in [3.8, 4) is 6.07 Å². The van der Waals surface area contributed by atoms with Crippen molar-refractivity contribution < 1.29 is 22.8 Å². The molecule has 1 aliphatic heterocycles. The lowest BCUT2D eigenvalue weighted by atomic mass is 9.98. The van der Waals surface area contributed by atoms with Gasteiger partial charge in [-0.3, -0.25) is 9.69 Å². The molecule has 9 heteroatoms. The third kappa shape index (κ3) is 2.86. The van der Waals surface area contributed by atoms with Crippen LogP contribution in [0.15, 0.2) is 53.0 Å². The molecule has 0 spiro atoms. The van der Waals surface area contributed by atoms with E-state index in [1.807, 2.05) is 6.07 Å². The van der Waals surface area contributed by atoms with Crippen molar-refractivity contribution in [1.29, 1.82) is 5.26 Å². The number of benzene rings is 2.